The third kappa shape index (κ3) is 5.36. The van der Waals surface area contributed by atoms with Crippen LogP contribution in [-0.4, -0.2) is 61.5 Å². The first-order valence-electron chi connectivity index (χ1n) is 7.73. The maximum Gasteiger partial charge on any atom is 0.224 e. The quantitative estimate of drug-likeness (QED) is 0.752. The zero-order valence-electron chi connectivity index (χ0n) is 12.8. The van der Waals surface area contributed by atoms with E-state index in [9.17, 15) is 4.79 Å². The number of rotatable bonds is 6. The number of carbonyl (C=O) groups is 1. The Labute approximate surface area is 127 Å². The average molecular weight is 290 g/mol. The largest absolute Gasteiger partial charge is 0.399 e. The van der Waals surface area contributed by atoms with Gasteiger partial charge in [0.2, 0.25) is 5.91 Å². The number of nitrogen functional groups attached to an aromatic ring is 1. The van der Waals surface area contributed by atoms with E-state index in [1.165, 1.54) is 0 Å². The number of nitrogens with one attached hydrogen (secondary N) is 1. The maximum atomic E-state index is 11.9. The summed E-state index contributed by atoms with van der Waals surface area (Å²) in [6.45, 7) is 9.46. The second-order valence-electron chi connectivity index (χ2n) is 5.54. The van der Waals surface area contributed by atoms with E-state index in [1.54, 1.807) is 0 Å². The van der Waals surface area contributed by atoms with Crippen LogP contribution in [0.25, 0.3) is 0 Å². The van der Waals surface area contributed by atoms with Crippen molar-refractivity contribution in [1.82, 2.24) is 15.1 Å². The van der Waals surface area contributed by atoms with Crippen molar-refractivity contribution < 1.29 is 4.79 Å². The lowest BCUT2D eigenvalue weighted by molar-refractivity contribution is -0.120. The normalized spacial score (nSPS) is 16.8. The summed E-state index contributed by atoms with van der Waals surface area (Å²) in [5.74, 6) is 0.0759. The van der Waals surface area contributed by atoms with Crippen LogP contribution in [0.3, 0.4) is 0 Å². The number of hydrogen-bond acceptors (Lipinski definition) is 4. The van der Waals surface area contributed by atoms with E-state index in [0.29, 0.717) is 6.42 Å². The molecule has 0 bridgehead atoms. The van der Waals surface area contributed by atoms with Gasteiger partial charge >= 0.3 is 0 Å². The van der Waals surface area contributed by atoms with Crippen molar-refractivity contribution in [2.75, 3.05) is 51.5 Å². The Morgan fingerprint density at radius 3 is 2.38 bits per heavy atom. The van der Waals surface area contributed by atoms with Crippen molar-refractivity contribution in [1.29, 1.82) is 0 Å². The number of nitrogens with two attached hydrogens (primary N) is 1. The number of anilines is 1. The minimum absolute atomic E-state index is 0.0759. The van der Waals surface area contributed by atoms with Crippen LogP contribution in [0.4, 0.5) is 5.69 Å². The van der Waals surface area contributed by atoms with Crippen molar-refractivity contribution in [3.63, 3.8) is 0 Å². The molecule has 2 rings (SSSR count). The standard InChI is InChI=1S/C16H26N4O/c1-2-19-9-11-20(12-10-19)8-7-18-16(21)13-14-3-5-15(17)6-4-14/h3-6H,2,7-13,17H2,1H3,(H,18,21). The van der Waals surface area contributed by atoms with E-state index in [-0.39, 0.29) is 5.91 Å². The lowest BCUT2D eigenvalue weighted by atomic mass is 10.1. The molecule has 5 nitrogen and oxygen atoms in total. The Bertz CT molecular complexity index is 438. The van der Waals surface area contributed by atoms with Crippen LogP contribution in [0.2, 0.25) is 0 Å². The van der Waals surface area contributed by atoms with Crippen LogP contribution in [0.15, 0.2) is 24.3 Å². The average Bonchev–Trinajstić information content (AvgIpc) is 2.50. The lowest BCUT2D eigenvalue weighted by Crippen LogP contribution is -2.48. The highest BCUT2D eigenvalue weighted by atomic mass is 16.1. The summed E-state index contributed by atoms with van der Waals surface area (Å²) in [6.07, 6.45) is 0.421. The van der Waals surface area contributed by atoms with Crippen LogP contribution in [0, 0.1) is 0 Å². The van der Waals surface area contributed by atoms with E-state index in [4.69, 9.17) is 5.73 Å². The minimum atomic E-state index is 0.0759. The Balaban J connectivity index is 1.62. The molecule has 0 aromatic heterocycles. The first kappa shape index (κ1) is 15.8. The van der Waals surface area contributed by atoms with Gasteiger partial charge in [-0.3, -0.25) is 9.69 Å². The molecular weight excluding hydrogens is 264 g/mol. The Kier molecular flexibility index (Phi) is 6.02. The molecular formula is C16H26N4O. The van der Waals surface area contributed by atoms with Gasteiger partial charge in [0.25, 0.3) is 0 Å². The first-order valence-corrected chi connectivity index (χ1v) is 7.73. The summed E-state index contributed by atoms with van der Waals surface area (Å²) < 4.78 is 0. The molecule has 1 saturated heterocycles. The lowest BCUT2D eigenvalue weighted by Gasteiger charge is -2.33. The van der Waals surface area contributed by atoms with E-state index in [2.05, 4.69) is 22.0 Å². The van der Waals surface area contributed by atoms with Crippen molar-refractivity contribution in [2.45, 2.75) is 13.3 Å². The molecule has 116 valence electrons. The molecule has 1 aromatic rings. The van der Waals surface area contributed by atoms with Crippen molar-refractivity contribution in [3.05, 3.63) is 29.8 Å². The molecule has 0 atom stereocenters. The fourth-order valence-electron chi connectivity index (χ4n) is 2.57. The SMILES string of the molecule is CCN1CCN(CCNC(=O)Cc2ccc(N)cc2)CC1. The topological polar surface area (TPSA) is 61.6 Å². The van der Waals surface area contributed by atoms with E-state index < -0.39 is 0 Å². The van der Waals surface area contributed by atoms with Gasteiger partial charge in [0.15, 0.2) is 0 Å². The summed E-state index contributed by atoms with van der Waals surface area (Å²) in [4.78, 5) is 16.7. The Morgan fingerprint density at radius 1 is 1.14 bits per heavy atom. The van der Waals surface area contributed by atoms with Gasteiger partial charge in [0.1, 0.15) is 0 Å². The van der Waals surface area contributed by atoms with Gasteiger partial charge in [0, 0.05) is 45.0 Å². The highest BCUT2D eigenvalue weighted by Crippen LogP contribution is 2.06. The number of carbonyl (C=O) groups excluding carboxylic acids is 1. The van der Waals surface area contributed by atoms with Gasteiger partial charge in [0.05, 0.1) is 6.42 Å². The molecule has 1 aliphatic rings. The van der Waals surface area contributed by atoms with Gasteiger partial charge < -0.3 is 16.0 Å². The number of nitrogens with zero attached hydrogens (tertiary/aromatic N) is 2. The van der Waals surface area contributed by atoms with E-state index in [1.807, 2.05) is 24.3 Å². The van der Waals surface area contributed by atoms with Crippen molar-refractivity contribution >= 4 is 11.6 Å². The van der Waals surface area contributed by atoms with Gasteiger partial charge in [-0.2, -0.15) is 0 Å². The predicted octanol–water partition coefficient (Wildman–Crippen LogP) is 0.565. The Hall–Kier alpha value is -1.59. The first-order chi connectivity index (χ1) is 10.2. The monoisotopic (exact) mass is 290 g/mol. The molecule has 0 radical (unpaired) electrons. The second kappa shape index (κ2) is 8.00. The molecule has 0 aliphatic carbocycles. The molecule has 1 aliphatic heterocycles. The molecule has 1 heterocycles. The highest BCUT2D eigenvalue weighted by molar-refractivity contribution is 5.78. The fraction of sp³-hybridized carbons (Fsp3) is 0.562. The summed E-state index contributed by atoms with van der Waals surface area (Å²) >= 11 is 0. The number of piperazine rings is 1. The molecule has 0 unspecified atom stereocenters. The van der Waals surface area contributed by atoms with Crippen LogP contribution in [0.1, 0.15) is 12.5 Å². The molecule has 0 saturated carbocycles. The molecule has 3 N–H and O–H groups in total. The number of benzene rings is 1. The fourth-order valence-corrected chi connectivity index (χ4v) is 2.57. The molecule has 0 spiro atoms. The van der Waals surface area contributed by atoms with Gasteiger partial charge in [-0.05, 0) is 24.2 Å². The highest BCUT2D eigenvalue weighted by Gasteiger charge is 2.14. The molecule has 1 aromatic carbocycles. The van der Waals surface area contributed by atoms with Gasteiger partial charge in [-0.15, -0.1) is 0 Å². The number of hydrogen-bond donors (Lipinski definition) is 2. The third-order valence-corrected chi connectivity index (χ3v) is 4.01. The van der Waals surface area contributed by atoms with E-state index >= 15 is 0 Å². The van der Waals surface area contributed by atoms with Crippen LogP contribution in [-0.2, 0) is 11.2 Å². The van der Waals surface area contributed by atoms with E-state index in [0.717, 1.165) is 57.1 Å². The minimum Gasteiger partial charge on any atom is -0.399 e. The maximum absolute atomic E-state index is 11.9. The van der Waals surface area contributed by atoms with Crippen molar-refractivity contribution in [2.24, 2.45) is 0 Å². The summed E-state index contributed by atoms with van der Waals surface area (Å²) in [5.41, 5.74) is 7.36. The zero-order chi connectivity index (χ0) is 15.1. The number of amides is 1. The summed E-state index contributed by atoms with van der Waals surface area (Å²) in [5, 5.41) is 2.99. The zero-order valence-corrected chi connectivity index (χ0v) is 12.8. The van der Waals surface area contributed by atoms with Gasteiger partial charge in [-0.1, -0.05) is 19.1 Å². The predicted molar refractivity (Wildman–Crippen MR) is 86.1 cm³/mol. The molecule has 1 fully saturated rings. The molecule has 21 heavy (non-hydrogen) atoms. The van der Waals surface area contributed by atoms with Crippen molar-refractivity contribution in [3.8, 4) is 0 Å². The second-order valence-corrected chi connectivity index (χ2v) is 5.54. The Morgan fingerprint density at radius 2 is 1.76 bits per heavy atom. The molecule has 5 heteroatoms. The van der Waals surface area contributed by atoms with Crippen LogP contribution < -0.4 is 11.1 Å². The molecule has 1 amide bonds. The van der Waals surface area contributed by atoms with Crippen LogP contribution in [0.5, 0.6) is 0 Å². The summed E-state index contributed by atoms with van der Waals surface area (Å²) in [7, 11) is 0. The van der Waals surface area contributed by atoms with Gasteiger partial charge in [-0.25, -0.2) is 0 Å². The third-order valence-electron chi connectivity index (χ3n) is 4.01. The number of likely N-dealkylation sites (N-methyl/N-ethyl adjacent to an activating group) is 1. The van der Waals surface area contributed by atoms with Crippen LogP contribution >= 0.6 is 0 Å². The smallest absolute Gasteiger partial charge is 0.224 e. The summed E-state index contributed by atoms with van der Waals surface area (Å²) in [6, 6.07) is 7.46.